The lowest BCUT2D eigenvalue weighted by atomic mass is 10.1. The predicted octanol–water partition coefficient (Wildman–Crippen LogP) is 3.49. The third kappa shape index (κ3) is 4.16. The van der Waals surface area contributed by atoms with Crippen molar-refractivity contribution in [1.82, 2.24) is 14.3 Å². The lowest BCUT2D eigenvalue weighted by Gasteiger charge is -2.36. The van der Waals surface area contributed by atoms with Gasteiger partial charge < -0.3 is 4.90 Å². The van der Waals surface area contributed by atoms with E-state index in [-0.39, 0.29) is 16.4 Å². The van der Waals surface area contributed by atoms with Crippen molar-refractivity contribution in [3.63, 3.8) is 0 Å². The number of ketones is 1. The maximum absolute atomic E-state index is 13.6. The van der Waals surface area contributed by atoms with E-state index in [2.05, 4.69) is 9.80 Å². The molecular weight excluding hydrogens is 419 g/mol. The van der Waals surface area contributed by atoms with Gasteiger partial charge in [0.15, 0.2) is 5.78 Å². The van der Waals surface area contributed by atoms with Crippen LogP contribution in [-0.4, -0.2) is 46.2 Å². The van der Waals surface area contributed by atoms with Crippen molar-refractivity contribution >= 4 is 23.1 Å². The molecule has 1 saturated heterocycles. The van der Waals surface area contributed by atoms with Crippen LogP contribution in [0.3, 0.4) is 0 Å². The summed E-state index contributed by atoms with van der Waals surface area (Å²) in [6, 6.07) is 13.8. The molecule has 6 nitrogen and oxygen atoms in total. The van der Waals surface area contributed by atoms with Gasteiger partial charge in [-0.1, -0.05) is 29.8 Å². The molecule has 1 fully saturated rings. The Morgan fingerprint density at radius 2 is 1.74 bits per heavy atom. The van der Waals surface area contributed by atoms with Crippen LogP contribution in [0.1, 0.15) is 23.0 Å². The summed E-state index contributed by atoms with van der Waals surface area (Å²) in [4.78, 5) is 29.0. The van der Waals surface area contributed by atoms with Crippen molar-refractivity contribution in [2.45, 2.75) is 13.5 Å². The van der Waals surface area contributed by atoms with Gasteiger partial charge in [0.1, 0.15) is 10.8 Å². The number of carbonyl (C=O) groups excluding carboxylic acids is 1. The Hall–Kier alpha value is -2.90. The van der Waals surface area contributed by atoms with Crippen LogP contribution in [0.25, 0.3) is 5.69 Å². The van der Waals surface area contributed by atoms with Crippen LogP contribution in [0.2, 0.25) is 5.02 Å². The van der Waals surface area contributed by atoms with Crippen LogP contribution in [0.15, 0.2) is 53.3 Å². The van der Waals surface area contributed by atoms with Crippen LogP contribution in [0, 0.1) is 5.82 Å². The van der Waals surface area contributed by atoms with Gasteiger partial charge >= 0.3 is 0 Å². The highest BCUT2D eigenvalue weighted by Crippen LogP contribution is 2.25. The van der Waals surface area contributed by atoms with E-state index < -0.39 is 5.82 Å². The van der Waals surface area contributed by atoms with Crippen LogP contribution in [0.4, 0.5) is 10.1 Å². The number of benzene rings is 2. The zero-order chi connectivity index (χ0) is 22.1. The van der Waals surface area contributed by atoms with E-state index in [4.69, 9.17) is 11.6 Å². The van der Waals surface area contributed by atoms with Gasteiger partial charge in [0.25, 0.3) is 5.56 Å². The minimum Gasteiger partial charge on any atom is -0.368 e. The normalized spacial score (nSPS) is 14.8. The molecule has 0 unspecified atom stereocenters. The summed E-state index contributed by atoms with van der Waals surface area (Å²) < 4.78 is 17.0. The molecule has 3 aromatic rings. The molecule has 0 bridgehead atoms. The first-order valence-corrected chi connectivity index (χ1v) is 10.5. The van der Waals surface area contributed by atoms with Crippen LogP contribution in [0.5, 0.6) is 0 Å². The van der Waals surface area contributed by atoms with Crippen molar-refractivity contribution < 1.29 is 9.18 Å². The number of halogens is 2. The van der Waals surface area contributed by atoms with Gasteiger partial charge in [-0.25, -0.2) is 9.07 Å². The van der Waals surface area contributed by atoms with E-state index in [1.54, 1.807) is 15.4 Å². The number of piperazine rings is 1. The first-order valence-electron chi connectivity index (χ1n) is 10.2. The van der Waals surface area contributed by atoms with Crippen molar-refractivity contribution in [3.8, 4) is 5.69 Å². The molecular formula is C23H24ClFN4O2. The molecule has 0 atom stereocenters. The number of carbonyl (C=O) groups is 1. The van der Waals surface area contributed by atoms with Crippen molar-refractivity contribution in [3.05, 3.63) is 81.0 Å². The fourth-order valence-electron chi connectivity index (χ4n) is 4.07. The van der Waals surface area contributed by atoms with Crippen molar-refractivity contribution in [2.24, 2.45) is 7.05 Å². The second-order valence-electron chi connectivity index (χ2n) is 7.72. The average Bonchev–Trinajstić information content (AvgIpc) is 2.98. The topological polar surface area (TPSA) is 50.5 Å². The predicted molar refractivity (Wildman–Crippen MR) is 120 cm³/mol. The van der Waals surface area contributed by atoms with Crippen LogP contribution >= 0.6 is 11.6 Å². The van der Waals surface area contributed by atoms with Gasteiger partial charge in [0, 0.05) is 51.0 Å². The molecule has 1 aromatic heterocycles. The van der Waals surface area contributed by atoms with Crippen LogP contribution < -0.4 is 10.5 Å². The Bertz CT molecular complexity index is 1160. The van der Waals surface area contributed by atoms with Gasteiger partial charge in [-0.05, 0) is 37.3 Å². The largest absolute Gasteiger partial charge is 0.368 e. The van der Waals surface area contributed by atoms with Gasteiger partial charge in [-0.15, -0.1) is 0 Å². The second kappa shape index (κ2) is 8.69. The number of hydrogen-bond acceptors (Lipinski definition) is 4. The summed E-state index contributed by atoms with van der Waals surface area (Å²) in [5, 5.41) is 0.228. The Labute approximate surface area is 185 Å². The Kier molecular flexibility index (Phi) is 5.98. The third-order valence-electron chi connectivity index (χ3n) is 5.75. The van der Waals surface area contributed by atoms with E-state index in [0.29, 0.717) is 25.2 Å². The van der Waals surface area contributed by atoms with Gasteiger partial charge in [0.2, 0.25) is 0 Å². The minimum absolute atomic E-state index is 0.152. The Morgan fingerprint density at radius 1 is 1.06 bits per heavy atom. The summed E-state index contributed by atoms with van der Waals surface area (Å²) in [7, 11) is 1.84. The molecule has 1 aliphatic heterocycles. The zero-order valence-corrected chi connectivity index (χ0v) is 18.3. The molecule has 0 N–H and O–H groups in total. The average molecular weight is 443 g/mol. The maximum Gasteiger partial charge on any atom is 0.290 e. The molecule has 4 rings (SSSR count). The standard InChI is InChI=1S/C23H24ClFN4O2/c1-16(30)19-14-17(25)8-9-20(19)28-12-10-27(11-13-28)15-21-22(24)23(31)29(26(21)2)18-6-4-3-5-7-18/h3-9,14H,10-13,15H2,1-2H3. The van der Waals surface area contributed by atoms with E-state index in [1.165, 1.54) is 19.1 Å². The summed E-state index contributed by atoms with van der Waals surface area (Å²) in [6.45, 7) is 4.84. The minimum atomic E-state index is -0.411. The first kappa shape index (κ1) is 21.3. The summed E-state index contributed by atoms with van der Waals surface area (Å²) >= 11 is 6.42. The monoisotopic (exact) mass is 442 g/mol. The fraction of sp³-hybridized carbons (Fsp3) is 0.304. The van der Waals surface area contributed by atoms with Gasteiger partial charge in [-0.3, -0.25) is 19.2 Å². The van der Waals surface area contributed by atoms with E-state index in [1.807, 2.05) is 37.4 Å². The number of hydrogen-bond donors (Lipinski definition) is 0. The van der Waals surface area contributed by atoms with E-state index in [9.17, 15) is 14.0 Å². The lowest BCUT2D eigenvalue weighted by Crippen LogP contribution is -2.46. The quantitative estimate of drug-likeness (QED) is 0.567. The number of para-hydroxylation sites is 1. The number of anilines is 1. The fourth-order valence-corrected chi connectivity index (χ4v) is 4.33. The molecule has 0 saturated carbocycles. The molecule has 0 aliphatic carbocycles. The molecule has 0 amide bonds. The molecule has 1 aliphatic rings. The van der Waals surface area contributed by atoms with E-state index >= 15 is 0 Å². The van der Waals surface area contributed by atoms with Gasteiger partial charge in [-0.2, -0.15) is 0 Å². The lowest BCUT2D eigenvalue weighted by molar-refractivity contribution is 0.101. The van der Waals surface area contributed by atoms with Crippen molar-refractivity contribution in [2.75, 3.05) is 31.1 Å². The molecule has 0 radical (unpaired) electrons. The highest BCUT2D eigenvalue weighted by molar-refractivity contribution is 6.31. The second-order valence-corrected chi connectivity index (χ2v) is 8.10. The Morgan fingerprint density at radius 3 is 2.39 bits per heavy atom. The molecule has 162 valence electrons. The highest BCUT2D eigenvalue weighted by atomic mass is 35.5. The number of Topliss-reactive ketones (excluding diaryl/α,β-unsaturated/α-hetero) is 1. The Balaban J connectivity index is 1.51. The zero-order valence-electron chi connectivity index (χ0n) is 17.5. The van der Waals surface area contributed by atoms with Crippen LogP contribution in [-0.2, 0) is 13.6 Å². The molecule has 2 heterocycles. The number of nitrogens with zero attached hydrogens (tertiary/aromatic N) is 4. The molecule has 31 heavy (non-hydrogen) atoms. The van der Waals surface area contributed by atoms with E-state index in [0.717, 1.165) is 30.2 Å². The summed E-state index contributed by atoms with van der Waals surface area (Å²) in [5.74, 6) is -0.563. The first-order chi connectivity index (χ1) is 14.9. The molecule has 2 aromatic carbocycles. The highest BCUT2D eigenvalue weighted by Gasteiger charge is 2.24. The third-order valence-corrected chi connectivity index (χ3v) is 6.13. The SMILES string of the molecule is CC(=O)c1cc(F)ccc1N1CCN(Cc2c(Cl)c(=O)n(-c3ccccc3)n2C)CC1. The van der Waals surface area contributed by atoms with Gasteiger partial charge in [0.05, 0.1) is 11.4 Å². The summed E-state index contributed by atoms with van der Waals surface area (Å²) in [6.07, 6.45) is 0. The molecule has 0 spiro atoms. The number of rotatable bonds is 5. The van der Waals surface area contributed by atoms with Crippen molar-refractivity contribution in [1.29, 1.82) is 0 Å². The smallest absolute Gasteiger partial charge is 0.290 e. The summed E-state index contributed by atoms with van der Waals surface area (Å²) in [5.41, 5.74) is 2.45. The molecule has 8 heteroatoms. The number of aromatic nitrogens is 2. The maximum atomic E-state index is 13.6.